The maximum Gasteiger partial charge on any atom is 0.251 e. The van der Waals surface area contributed by atoms with Gasteiger partial charge in [-0.05, 0) is 35.0 Å². The van der Waals surface area contributed by atoms with Gasteiger partial charge in [-0.3, -0.25) is 4.79 Å². The molecule has 0 aliphatic carbocycles. The fraction of sp³-hybridized carbons (Fsp3) is 0.455. The zero-order valence-electron chi connectivity index (χ0n) is 9.83. The monoisotopic (exact) mass is 302 g/mol. The van der Waals surface area contributed by atoms with Gasteiger partial charge in [0.1, 0.15) is 12.4 Å². The molecule has 1 aromatic heterocycles. The van der Waals surface area contributed by atoms with Gasteiger partial charge in [-0.1, -0.05) is 0 Å². The Balaban J connectivity index is 2.37. The first kappa shape index (κ1) is 14.1. The molecule has 1 heterocycles. The van der Waals surface area contributed by atoms with Crippen LogP contribution in [0.4, 0.5) is 5.82 Å². The maximum absolute atomic E-state index is 11.4. The molecule has 0 aliphatic rings. The molecule has 1 rings (SSSR count). The summed E-state index contributed by atoms with van der Waals surface area (Å²) in [6.45, 7) is 2.73. The van der Waals surface area contributed by atoms with Gasteiger partial charge in [0.2, 0.25) is 0 Å². The third-order valence-electron chi connectivity index (χ3n) is 1.95. The molecule has 5 nitrogen and oxygen atoms in total. The van der Waals surface area contributed by atoms with Crippen molar-refractivity contribution in [3.8, 4) is 0 Å². The third-order valence-corrected chi connectivity index (χ3v) is 2.79. The van der Waals surface area contributed by atoms with Crippen molar-refractivity contribution in [1.82, 2.24) is 4.98 Å². The molecule has 0 unspecified atom stereocenters. The quantitative estimate of drug-likeness (QED) is 0.813. The number of nitrogens with zero attached hydrogens (tertiary/aromatic N) is 1. The lowest BCUT2D eigenvalue weighted by Crippen LogP contribution is -2.20. The lowest BCUT2D eigenvalue weighted by Gasteiger charge is -2.06. The van der Waals surface area contributed by atoms with Crippen LogP contribution >= 0.6 is 15.9 Å². The number of halogens is 1. The van der Waals surface area contributed by atoms with E-state index in [1.165, 1.54) is 0 Å². The zero-order chi connectivity index (χ0) is 12.7. The summed E-state index contributed by atoms with van der Waals surface area (Å²) in [5.41, 5.74) is 0.822. The first-order valence-corrected chi connectivity index (χ1v) is 5.92. The number of pyridine rings is 1. The predicted molar refractivity (Wildman–Crippen MR) is 68.0 cm³/mol. The molecule has 0 saturated carbocycles. The Bertz CT molecular complexity index is 385. The molecular formula is C11H15BrN2O3. The standard InChI is InChI=1S/C11H15BrN2O3/c1-8-9(12)3-4-10(13-8)14-11(15)7-17-6-5-16-2/h3-4H,5-7H2,1-2H3,(H,13,14,15). The minimum atomic E-state index is -0.227. The normalized spacial score (nSPS) is 10.3. The highest BCUT2D eigenvalue weighted by molar-refractivity contribution is 9.10. The number of hydrogen-bond acceptors (Lipinski definition) is 4. The van der Waals surface area contributed by atoms with Gasteiger partial charge in [0.25, 0.3) is 5.91 Å². The Morgan fingerprint density at radius 3 is 2.88 bits per heavy atom. The summed E-state index contributed by atoms with van der Waals surface area (Å²) in [5.74, 6) is 0.293. The highest BCUT2D eigenvalue weighted by Crippen LogP contribution is 2.15. The number of ether oxygens (including phenoxy) is 2. The Kier molecular flexibility index (Phi) is 6.10. The van der Waals surface area contributed by atoms with E-state index < -0.39 is 0 Å². The summed E-state index contributed by atoms with van der Waals surface area (Å²) in [7, 11) is 1.58. The molecule has 0 aliphatic heterocycles. The van der Waals surface area contributed by atoms with Crippen molar-refractivity contribution in [2.45, 2.75) is 6.92 Å². The van der Waals surface area contributed by atoms with Crippen LogP contribution in [0.25, 0.3) is 0 Å². The van der Waals surface area contributed by atoms with Crippen LogP contribution in [-0.2, 0) is 14.3 Å². The van der Waals surface area contributed by atoms with Gasteiger partial charge < -0.3 is 14.8 Å². The van der Waals surface area contributed by atoms with Gasteiger partial charge >= 0.3 is 0 Å². The summed E-state index contributed by atoms with van der Waals surface area (Å²) in [5, 5.41) is 2.65. The van der Waals surface area contributed by atoms with Crippen molar-refractivity contribution in [2.24, 2.45) is 0 Å². The number of methoxy groups -OCH3 is 1. The molecule has 1 N–H and O–H groups in total. The molecule has 0 radical (unpaired) electrons. The Morgan fingerprint density at radius 2 is 2.24 bits per heavy atom. The van der Waals surface area contributed by atoms with Crippen molar-refractivity contribution >= 4 is 27.7 Å². The van der Waals surface area contributed by atoms with Gasteiger partial charge in [-0.15, -0.1) is 0 Å². The molecule has 1 amide bonds. The summed E-state index contributed by atoms with van der Waals surface area (Å²) in [6.07, 6.45) is 0. The number of nitrogens with one attached hydrogen (secondary N) is 1. The third kappa shape index (κ3) is 5.25. The van der Waals surface area contributed by atoms with E-state index in [0.717, 1.165) is 10.2 Å². The first-order chi connectivity index (χ1) is 8.13. The fourth-order valence-corrected chi connectivity index (χ4v) is 1.32. The van der Waals surface area contributed by atoms with E-state index in [1.54, 1.807) is 13.2 Å². The van der Waals surface area contributed by atoms with Gasteiger partial charge in [-0.2, -0.15) is 0 Å². The number of anilines is 1. The molecule has 0 fully saturated rings. The van der Waals surface area contributed by atoms with E-state index in [-0.39, 0.29) is 12.5 Å². The SMILES string of the molecule is COCCOCC(=O)Nc1ccc(Br)c(C)n1. The average molecular weight is 303 g/mol. The molecular weight excluding hydrogens is 288 g/mol. The average Bonchev–Trinajstić information content (AvgIpc) is 2.30. The molecule has 17 heavy (non-hydrogen) atoms. The molecule has 0 aromatic carbocycles. The number of carbonyl (C=O) groups is 1. The van der Waals surface area contributed by atoms with Gasteiger partial charge in [0.05, 0.1) is 18.9 Å². The molecule has 0 saturated heterocycles. The van der Waals surface area contributed by atoms with Crippen LogP contribution in [0, 0.1) is 6.92 Å². The lowest BCUT2D eigenvalue weighted by molar-refractivity contribution is -0.121. The van der Waals surface area contributed by atoms with Crippen LogP contribution in [0.1, 0.15) is 5.69 Å². The summed E-state index contributed by atoms with van der Waals surface area (Å²) in [4.78, 5) is 15.6. The second-order valence-electron chi connectivity index (χ2n) is 3.36. The summed E-state index contributed by atoms with van der Waals surface area (Å²) < 4.78 is 10.8. The van der Waals surface area contributed by atoms with Crippen LogP contribution < -0.4 is 5.32 Å². The number of amides is 1. The highest BCUT2D eigenvalue weighted by Gasteiger charge is 2.04. The highest BCUT2D eigenvalue weighted by atomic mass is 79.9. The molecule has 0 atom stereocenters. The van der Waals surface area contributed by atoms with Crippen molar-refractivity contribution in [1.29, 1.82) is 0 Å². The van der Waals surface area contributed by atoms with Crippen LogP contribution in [-0.4, -0.2) is 37.8 Å². The molecule has 6 heteroatoms. The van der Waals surface area contributed by atoms with Crippen LogP contribution in [0.3, 0.4) is 0 Å². The fourth-order valence-electron chi connectivity index (χ4n) is 1.10. The van der Waals surface area contributed by atoms with Crippen molar-refractivity contribution in [2.75, 3.05) is 32.2 Å². The Hall–Kier alpha value is -0.980. The minimum Gasteiger partial charge on any atom is -0.382 e. The molecule has 1 aromatic rings. The van der Waals surface area contributed by atoms with Gasteiger partial charge in [-0.25, -0.2) is 4.98 Å². The van der Waals surface area contributed by atoms with Crippen molar-refractivity contribution in [3.63, 3.8) is 0 Å². The first-order valence-electron chi connectivity index (χ1n) is 5.13. The number of aryl methyl sites for hydroxylation is 1. The second-order valence-corrected chi connectivity index (χ2v) is 4.21. The van der Waals surface area contributed by atoms with Gasteiger partial charge in [0.15, 0.2) is 0 Å². The topological polar surface area (TPSA) is 60.5 Å². The van der Waals surface area contributed by atoms with E-state index in [1.807, 2.05) is 13.0 Å². The van der Waals surface area contributed by atoms with Crippen LogP contribution in [0.2, 0.25) is 0 Å². The Labute approximate surface area is 109 Å². The van der Waals surface area contributed by atoms with Crippen LogP contribution in [0.15, 0.2) is 16.6 Å². The van der Waals surface area contributed by atoms with E-state index in [9.17, 15) is 4.79 Å². The van der Waals surface area contributed by atoms with Gasteiger partial charge in [0, 0.05) is 11.6 Å². The minimum absolute atomic E-state index is 0.000150. The van der Waals surface area contributed by atoms with Crippen molar-refractivity contribution in [3.05, 3.63) is 22.3 Å². The molecule has 94 valence electrons. The summed E-state index contributed by atoms with van der Waals surface area (Å²) in [6, 6.07) is 3.56. The predicted octanol–water partition coefficient (Wildman–Crippen LogP) is 1.75. The number of carbonyl (C=O) groups excluding carboxylic acids is 1. The van der Waals surface area contributed by atoms with Crippen LogP contribution in [0.5, 0.6) is 0 Å². The number of hydrogen-bond donors (Lipinski definition) is 1. The van der Waals surface area contributed by atoms with E-state index in [2.05, 4.69) is 26.2 Å². The second kappa shape index (κ2) is 7.37. The smallest absolute Gasteiger partial charge is 0.251 e. The molecule has 0 bridgehead atoms. The van der Waals surface area contributed by atoms with E-state index in [0.29, 0.717) is 19.0 Å². The largest absolute Gasteiger partial charge is 0.382 e. The number of rotatable bonds is 6. The lowest BCUT2D eigenvalue weighted by atomic mass is 10.4. The summed E-state index contributed by atoms with van der Waals surface area (Å²) >= 11 is 3.34. The number of aromatic nitrogens is 1. The maximum atomic E-state index is 11.4. The van der Waals surface area contributed by atoms with E-state index >= 15 is 0 Å². The zero-order valence-corrected chi connectivity index (χ0v) is 11.4. The van der Waals surface area contributed by atoms with Crippen molar-refractivity contribution < 1.29 is 14.3 Å². The Morgan fingerprint density at radius 1 is 1.47 bits per heavy atom. The molecule has 0 spiro atoms. The van der Waals surface area contributed by atoms with E-state index in [4.69, 9.17) is 9.47 Å².